The van der Waals surface area contributed by atoms with Gasteiger partial charge in [0.15, 0.2) is 0 Å². The third kappa shape index (κ3) is 4.24. The molecule has 1 aliphatic carbocycles. The van der Waals surface area contributed by atoms with Crippen molar-refractivity contribution in [2.45, 2.75) is 18.9 Å². The minimum atomic E-state index is -1.28. The Morgan fingerprint density at radius 3 is 2.41 bits per heavy atom. The molecule has 2 aromatic carbocycles. The van der Waals surface area contributed by atoms with Gasteiger partial charge < -0.3 is 25.5 Å². The van der Waals surface area contributed by atoms with Crippen LogP contribution in [0.4, 0.5) is 16.2 Å². The third-order valence-corrected chi connectivity index (χ3v) is 4.90. The molecule has 0 bridgehead atoms. The van der Waals surface area contributed by atoms with E-state index in [0.717, 1.165) is 17.3 Å². The Hall–Kier alpha value is -3.33. The lowest BCUT2D eigenvalue weighted by Crippen LogP contribution is -2.30. The monoisotopic (exact) mass is 457 g/mol. The Kier molecular flexibility index (Phi) is 4.98. The summed E-state index contributed by atoms with van der Waals surface area (Å²) in [5, 5.41) is 18.0. The topological polar surface area (TPSA) is 121 Å². The van der Waals surface area contributed by atoms with Crippen molar-refractivity contribution >= 4 is 56.2 Å². The molecule has 4 N–H and O–H groups in total. The number of nitrogens with one attached hydrogen (secondary N) is 3. The van der Waals surface area contributed by atoms with Crippen LogP contribution in [0, 0.1) is 0 Å². The summed E-state index contributed by atoms with van der Waals surface area (Å²) < 4.78 is 6.10. The van der Waals surface area contributed by atoms with Gasteiger partial charge >= 0.3 is 12.0 Å². The Labute approximate surface area is 173 Å². The number of benzene rings is 2. The molecule has 1 heterocycles. The lowest BCUT2D eigenvalue weighted by molar-refractivity contribution is 0.0666. The molecule has 0 saturated heterocycles. The van der Waals surface area contributed by atoms with Crippen molar-refractivity contribution in [2.75, 3.05) is 10.6 Å². The molecule has 148 valence electrons. The highest BCUT2D eigenvalue weighted by Crippen LogP contribution is 2.33. The number of anilines is 2. The van der Waals surface area contributed by atoms with Crippen molar-refractivity contribution in [2.24, 2.45) is 0 Å². The highest BCUT2D eigenvalue weighted by molar-refractivity contribution is 9.10. The van der Waals surface area contributed by atoms with Gasteiger partial charge in [-0.25, -0.2) is 9.59 Å². The first-order valence-electron chi connectivity index (χ1n) is 8.85. The van der Waals surface area contributed by atoms with Crippen LogP contribution in [0.5, 0.6) is 0 Å². The highest BCUT2D eigenvalue weighted by Gasteiger charge is 2.24. The van der Waals surface area contributed by atoms with Gasteiger partial charge in [0, 0.05) is 27.2 Å². The van der Waals surface area contributed by atoms with Gasteiger partial charge in [-0.1, -0.05) is 15.9 Å². The van der Waals surface area contributed by atoms with Crippen LogP contribution in [0.2, 0.25) is 0 Å². The maximum atomic E-state index is 12.6. The van der Waals surface area contributed by atoms with E-state index >= 15 is 0 Å². The van der Waals surface area contributed by atoms with Crippen LogP contribution in [-0.4, -0.2) is 29.1 Å². The highest BCUT2D eigenvalue weighted by atomic mass is 79.9. The second kappa shape index (κ2) is 7.59. The molecule has 0 spiro atoms. The number of hydrogen-bond donors (Lipinski definition) is 4. The number of hydrogen-bond acceptors (Lipinski definition) is 4. The molecule has 3 amide bonds. The number of rotatable bonds is 5. The van der Waals surface area contributed by atoms with E-state index in [4.69, 9.17) is 4.42 Å². The van der Waals surface area contributed by atoms with E-state index in [2.05, 4.69) is 31.9 Å². The van der Waals surface area contributed by atoms with Crippen molar-refractivity contribution < 1.29 is 23.9 Å². The maximum Gasteiger partial charge on any atom is 0.374 e. The van der Waals surface area contributed by atoms with Gasteiger partial charge in [0.2, 0.25) is 5.76 Å². The van der Waals surface area contributed by atoms with Crippen LogP contribution < -0.4 is 16.0 Å². The molecule has 29 heavy (non-hydrogen) atoms. The molecule has 0 unspecified atom stereocenters. The first-order chi connectivity index (χ1) is 13.9. The number of urea groups is 1. The van der Waals surface area contributed by atoms with Crippen molar-refractivity contribution in [1.82, 2.24) is 5.32 Å². The van der Waals surface area contributed by atoms with Gasteiger partial charge in [0.25, 0.3) is 5.91 Å². The number of aromatic carboxylic acids is 1. The van der Waals surface area contributed by atoms with Crippen LogP contribution in [0.1, 0.15) is 33.8 Å². The predicted molar refractivity (Wildman–Crippen MR) is 110 cm³/mol. The standard InChI is InChI=1S/C20H16BrN3O5/c21-11-3-8-14-15(9-11)29-17(19(26)27)16(14)24-18(25)10-1-4-12(5-2-10)22-20(28)23-13-6-7-13/h1-5,8-9,13H,6-7H2,(H,24,25)(H,26,27)(H2,22,23,28). The number of carbonyl (C=O) groups excluding carboxylic acids is 2. The summed E-state index contributed by atoms with van der Waals surface area (Å²) in [6, 6.07) is 11.3. The molecule has 1 aromatic heterocycles. The fraction of sp³-hybridized carbons (Fsp3) is 0.150. The number of carboxylic acid groups (broad SMARTS) is 1. The minimum absolute atomic E-state index is 0.0935. The van der Waals surface area contributed by atoms with E-state index in [1.54, 1.807) is 42.5 Å². The molecule has 3 aromatic rings. The van der Waals surface area contributed by atoms with Crippen molar-refractivity contribution in [3.05, 3.63) is 58.3 Å². The molecule has 4 rings (SSSR count). The molecular weight excluding hydrogens is 442 g/mol. The van der Waals surface area contributed by atoms with E-state index in [1.165, 1.54) is 0 Å². The van der Waals surface area contributed by atoms with Crippen LogP contribution in [0.15, 0.2) is 51.4 Å². The SMILES string of the molecule is O=C(Nc1ccc(C(=O)Nc2c(C(=O)O)oc3cc(Br)ccc23)cc1)NC1CC1. The average molecular weight is 458 g/mol. The van der Waals surface area contributed by atoms with Crippen molar-refractivity contribution in [3.63, 3.8) is 0 Å². The Bertz CT molecular complexity index is 1120. The number of amides is 3. The zero-order chi connectivity index (χ0) is 20.5. The largest absolute Gasteiger partial charge is 0.475 e. The Morgan fingerprint density at radius 2 is 1.76 bits per heavy atom. The zero-order valence-corrected chi connectivity index (χ0v) is 16.6. The van der Waals surface area contributed by atoms with E-state index < -0.39 is 11.9 Å². The average Bonchev–Trinajstić information content (AvgIpc) is 3.42. The maximum absolute atomic E-state index is 12.6. The minimum Gasteiger partial charge on any atom is -0.475 e. The van der Waals surface area contributed by atoms with E-state index in [9.17, 15) is 19.5 Å². The molecule has 9 heteroatoms. The summed E-state index contributed by atoms with van der Waals surface area (Å²) in [5.41, 5.74) is 1.29. The quantitative estimate of drug-likeness (QED) is 0.451. The fourth-order valence-corrected chi connectivity index (χ4v) is 3.16. The molecule has 8 nitrogen and oxygen atoms in total. The predicted octanol–water partition coefficient (Wildman–Crippen LogP) is 4.43. The summed E-state index contributed by atoms with van der Waals surface area (Å²) in [6.07, 6.45) is 1.98. The molecular formula is C20H16BrN3O5. The lowest BCUT2D eigenvalue weighted by atomic mass is 10.1. The van der Waals surface area contributed by atoms with Crippen LogP contribution >= 0.6 is 15.9 Å². The zero-order valence-electron chi connectivity index (χ0n) is 15.0. The van der Waals surface area contributed by atoms with Crippen molar-refractivity contribution in [1.29, 1.82) is 0 Å². The van der Waals surface area contributed by atoms with Crippen LogP contribution in [-0.2, 0) is 0 Å². The van der Waals surface area contributed by atoms with E-state index in [0.29, 0.717) is 22.2 Å². The Balaban J connectivity index is 1.52. The van der Waals surface area contributed by atoms with Crippen LogP contribution in [0.3, 0.4) is 0 Å². The van der Waals surface area contributed by atoms with Gasteiger partial charge in [0.1, 0.15) is 11.3 Å². The second-order valence-corrected chi connectivity index (χ2v) is 7.57. The number of carboxylic acids is 1. The molecule has 0 atom stereocenters. The summed E-state index contributed by atoms with van der Waals surface area (Å²) in [6.45, 7) is 0. The second-order valence-electron chi connectivity index (χ2n) is 6.66. The molecule has 0 aliphatic heterocycles. The third-order valence-electron chi connectivity index (χ3n) is 4.40. The van der Waals surface area contributed by atoms with Gasteiger partial charge in [-0.05, 0) is 55.3 Å². The van der Waals surface area contributed by atoms with Gasteiger partial charge in [-0.2, -0.15) is 0 Å². The summed E-state index contributed by atoms with van der Waals surface area (Å²) in [4.78, 5) is 35.9. The summed E-state index contributed by atoms with van der Waals surface area (Å²) >= 11 is 3.30. The van der Waals surface area contributed by atoms with Gasteiger partial charge in [-0.15, -0.1) is 0 Å². The normalized spacial score (nSPS) is 13.1. The molecule has 0 radical (unpaired) electrons. The van der Waals surface area contributed by atoms with E-state index in [-0.39, 0.29) is 23.5 Å². The molecule has 1 fully saturated rings. The molecule has 1 saturated carbocycles. The fourth-order valence-electron chi connectivity index (χ4n) is 2.82. The Morgan fingerprint density at radius 1 is 1.03 bits per heavy atom. The summed E-state index contributed by atoms with van der Waals surface area (Å²) in [5.74, 6) is -2.12. The number of halogens is 1. The van der Waals surface area contributed by atoms with Crippen molar-refractivity contribution in [3.8, 4) is 0 Å². The number of carbonyl (C=O) groups is 3. The number of furan rings is 1. The summed E-state index contributed by atoms with van der Waals surface area (Å²) in [7, 11) is 0. The lowest BCUT2D eigenvalue weighted by Gasteiger charge is -2.08. The first kappa shape index (κ1) is 19.0. The molecule has 1 aliphatic rings. The van der Waals surface area contributed by atoms with Gasteiger partial charge in [-0.3, -0.25) is 4.79 Å². The van der Waals surface area contributed by atoms with Crippen LogP contribution in [0.25, 0.3) is 11.0 Å². The van der Waals surface area contributed by atoms with Gasteiger partial charge in [0.05, 0.1) is 0 Å². The van der Waals surface area contributed by atoms with E-state index in [1.807, 2.05) is 0 Å². The number of fused-ring (bicyclic) bond motifs is 1. The first-order valence-corrected chi connectivity index (χ1v) is 9.64. The smallest absolute Gasteiger partial charge is 0.374 e.